The third-order valence-corrected chi connectivity index (χ3v) is 18.0. The average Bonchev–Trinajstić information content (AvgIpc) is 3.31. The van der Waals surface area contributed by atoms with Gasteiger partial charge in [-0.05, 0) is 99.9 Å². The normalized spacial score (nSPS) is 11.6. The van der Waals surface area contributed by atoms with Gasteiger partial charge in [-0.3, -0.25) is 0 Å². The molecular formula is C60H96N4P+. The zero-order valence-electron chi connectivity index (χ0n) is 43.3. The Balaban J connectivity index is 2.20. The second-order valence-electron chi connectivity index (χ2n) is 19.2. The lowest BCUT2D eigenvalue weighted by molar-refractivity contribution is 0.600. The minimum atomic E-state index is -2.84. The van der Waals surface area contributed by atoms with Gasteiger partial charge < -0.3 is 0 Å². The van der Waals surface area contributed by atoms with E-state index in [1.54, 1.807) is 0 Å². The first-order valence-electron chi connectivity index (χ1n) is 27.1. The van der Waals surface area contributed by atoms with Crippen molar-refractivity contribution in [3.8, 4) is 0 Å². The van der Waals surface area contributed by atoms with E-state index in [0.29, 0.717) is 0 Å². The Morgan fingerprint density at radius 1 is 0.262 bits per heavy atom. The Morgan fingerprint density at radius 2 is 0.446 bits per heavy atom. The van der Waals surface area contributed by atoms with Crippen molar-refractivity contribution in [1.82, 2.24) is 0 Å². The van der Waals surface area contributed by atoms with Crippen molar-refractivity contribution in [2.75, 3.05) is 44.9 Å². The van der Waals surface area contributed by atoms with Crippen molar-refractivity contribution < 1.29 is 0 Å². The van der Waals surface area contributed by atoms with Crippen molar-refractivity contribution in [3.05, 3.63) is 119 Å². The fourth-order valence-corrected chi connectivity index (χ4v) is 15.2. The molecular weight excluding hydrogens is 808 g/mol. The molecule has 0 unspecified atom stereocenters. The molecule has 0 saturated heterocycles. The van der Waals surface area contributed by atoms with Gasteiger partial charge in [-0.25, -0.2) is 0 Å². The minimum absolute atomic E-state index is 1.02. The van der Waals surface area contributed by atoms with Crippen LogP contribution in [-0.2, 0) is 0 Å². The van der Waals surface area contributed by atoms with E-state index < -0.39 is 7.87 Å². The summed E-state index contributed by atoms with van der Waals surface area (Å²) < 4.78 is 12.3. The summed E-state index contributed by atoms with van der Waals surface area (Å²) in [5, 5.41) is 0. The molecule has 0 atom stereocenters. The molecule has 0 bridgehead atoms. The molecule has 4 nitrogen and oxygen atoms in total. The molecule has 4 aromatic carbocycles. The zero-order valence-corrected chi connectivity index (χ0v) is 44.2. The van der Waals surface area contributed by atoms with Crippen molar-refractivity contribution >= 4 is 30.6 Å². The third-order valence-electron chi connectivity index (χ3n) is 13.8. The van der Waals surface area contributed by atoms with Gasteiger partial charge in [-0.2, -0.15) is 18.7 Å². The van der Waals surface area contributed by atoms with E-state index in [-0.39, 0.29) is 0 Å². The van der Waals surface area contributed by atoms with Gasteiger partial charge in [0, 0.05) is 0 Å². The topological polar surface area (TPSA) is 13.0 Å². The Kier molecular flexibility index (Phi) is 26.2. The molecule has 0 amide bonds. The summed E-state index contributed by atoms with van der Waals surface area (Å²) in [5.41, 5.74) is 11.1. The van der Waals surface area contributed by atoms with Gasteiger partial charge in [-0.1, -0.05) is 229 Å². The van der Waals surface area contributed by atoms with E-state index in [2.05, 4.69) is 171 Å². The molecule has 0 aliphatic rings. The summed E-state index contributed by atoms with van der Waals surface area (Å²) in [7, 11) is -2.84. The van der Waals surface area contributed by atoms with Gasteiger partial charge in [-0.15, -0.1) is 0 Å². The van der Waals surface area contributed by atoms with Crippen molar-refractivity contribution in [1.29, 1.82) is 0 Å². The van der Waals surface area contributed by atoms with Gasteiger partial charge >= 0.3 is 7.87 Å². The first kappa shape index (κ1) is 54.1. The molecule has 360 valence electrons. The largest absolute Gasteiger partial charge is 0.405 e. The van der Waals surface area contributed by atoms with Crippen LogP contribution in [0, 0.1) is 27.7 Å². The van der Waals surface area contributed by atoms with E-state index in [0.717, 1.165) is 26.2 Å². The monoisotopic (exact) mass is 904 g/mol. The third kappa shape index (κ3) is 16.4. The summed E-state index contributed by atoms with van der Waals surface area (Å²) >= 11 is 0. The van der Waals surface area contributed by atoms with Gasteiger partial charge in [0.1, 0.15) is 0 Å². The smallest absolute Gasteiger partial charge is 0.189 e. The zero-order chi connectivity index (χ0) is 46.5. The first-order valence-corrected chi connectivity index (χ1v) is 28.7. The lowest BCUT2D eigenvalue weighted by atomic mass is 10.1. The minimum Gasteiger partial charge on any atom is -0.189 e. The number of rotatable bonds is 36. The van der Waals surface area contributed by atoms with Crippen LogP contribution >= 0.6 is 7.87 Å². The van der Waals surface area contributed by atoms with Crippen LogP contribution in [0.1, 0.15) is 204 Å². The Labute approximate surface area is 402 Å². The van der Waals surface area contributed by atoms with Gasteiger partial charge in [0.15, 0.2) is 0 Å². The highest BCUT2D eigenvalue weighted by molar-refractivity contribution is 7.81. The van der Waals surface area contributed by atoms with E-state index >= 15 is 0 Å². The molecule has 5 heteroatoms. The van der Waals surface area contributed by atoms with E-state index in [9.17, 15) is 0 Å². The number of benzene rings is 4. The molecule has 0 aliphatic heterocycles. The maximum atomic E-state index is 3.07. The highest BCUT2D eigenvalue weighted by Crippen LogP contribution is 2.74. The lowest BCUT2D eigenvalue weighted by Crippen LogP contribution is -2.55. The fourth-order valence-electron chi connectivity index (χ4n) is 9.96. The maximum absolute atomic E-state index is 3.07. The van der Waals surface area contributed by atoms with Gasteiger partial charge in [0.05, 0.1) is 48.9 Å². The quantitative estimate of drug-likeness (QED) is 0.0333. The molecule has 4 aromatic rings. The van der Waals surface area contributed by atoms with Crippen LogP contribution in [0.5, 0.6) is 0 Å². The highest BCUT2D eigenvalue weighted by Gasteiger charge is 2.63. The van der Waals surface area contributed by atoms with Crippen LogP contribution in [0.2, 0.25) is 0 Å². The number of hydrogen-bond acceptors (Lipinski definition) is 4. The molecule has 0 radical (unpaired) electrons. The molecule has 0 aromatic heterocycles. The Hall–Kier alpha value is -3.49. The standard InChI is InChI=1S/C60H96N4P/c1-9-13-17-21-25-37-49-61(57-45-33-29-41-53(57)5)65(62(50-38-26-22-18-14-10-2)58-46-34-30-42-54(58)6,63(51-39-27-23-19-15-11-3)59-47-35-31-43-55(59)7)64(52-40-28-24-20-16-12-4)60-48-36-32-44-56(60)8/h29-36,41-48H,9-28,37-40,49-52H2,1-8H3/q+1. The number of unbranched alkanes of at least 4 members (excludes halogenated alkanes) is 20. The number of aryl methyl sites for hydroxylation is 4. The highest BCUT2D eigenvalue weighted by atomic mass is 31.2. The number of anilines is 4. The second-order valence-corrected chi connectivity index (χ2v) is 22.3. The predicted octanol–water partition coefficient (Wildman–Crippen LogP) is 19.4. The SMILES string of the molecule is CCCCCCCCN(c1ccccc1C)[P+](N(CCCCCCCC)c1ccccc1C)(N(CCCCCCCC)c1ccccc1C)N(CCCCCCCC)c1ccccc1C. The summed E-state index contributed by atoms with van der Waals surface area (Å²) in [5.74, 6) is 0. The van der Waals surface area contributed by atoms with Crippen LogP contribution < -0.4 is 18.7 Å². The molecule has 0 spiro atoms. The Morgan fingerprint density at radius 3 is 0.646 bits per heavy atom. The predicted molar refractivity (Wildman–Crippen MR) is 295 cm³/mol. The molecule has 0 saturated carbocycles. The van der Waals surface area contributed by atoms with Crippen LogP contribution in [-0.4, -0.2) is 26.2 Å². The molecule has 0 heterocycles. The summed E-state index contributed by atoms with van der Waals surface area (Å²) in [6, 6.07) is 37.9. The van der Waals surface area contributed by atoms with E-state index in [4.69, 9.17) is 0 Å². The van der Waals surface area contributed by atoms with E-state index in [1.807, 2.05) is 0 Å². The summed E-state index contributed by atoms with van der Waals surface area (Å²) in [4.78, 5) is 0. The van der Waals surface area contributed by atoms with Gasteiger partial charge in [0.25, 0.3) is 0 Å². The number of nitrogens with zero attached hydrogens (tertiary/aromatic N) is 4. The van der Waals surface area contributed by atoms with Crippen molar-refractivity contribution in [2.24, 2.45) is 0 Å². The van der Waals surface area contributed by atoms with Crippen LogP contribution in [0.4, 0.5) is 22.7 Å². The summed E-state index contributed by atoms with van der Waals surface area (Å²) in [6.45, 7) is 23.0. The summed E-state index contributed by atoms with van der Waals surface area (Å²) in [6.07, 6.45) is 30.7. The average molecular weight is 904 g/mol. The Bertz CT molecular complexity index is 1570. The second kappa shape index (κ2) is 31.5. The van der Waals surface area contributed by atoms with Crippen LogP contribution in [0.15, 0.2) is 97.1 Å². The van der Waals surface area contributed by atoms with Crippen LogP contribution in [0.25, 0.3) is 0 Å². The first-order chi connectivity index (χ1) is 31.9. The molecule has 0 N–H and O–H groups in total. The maximum Gasteiger partial charge on any atom is 0.405 e. The molecule has 0 fully saturated rings. The van der Waals surface area contributed by atoms with E-state index in [1.165, 1.54) is 199 Å². The molecule has 65 heavy (non-hydrogen) atoms. The van der Waals surface area contributed by atoms with Crippen LogP contribution in [0.3, 0.4) is 0 Å². The van der Waals surface area contributed by atoms with Gasteiger partial charge in [0.2, 0.25) is 0 Å². The number of para-hydroxylation sites is 4. The van der Waals surface area contributed by atoms with Crippen molar-refractivity contribution in [3.63, 3.8) is 0 Å². The number of hydrogen-bond donors (Lipinski definition) is 0. The van der Waals surface area contributed by atoms with Crippen molar-refractivity contribution in [2.45, 2.75) is 209 Å². The molecule has 4 rings (SSSR count). The molecule has 0 aliphatic carbocycles. The fraction of sp³-hybridized carbons (Fsp3) is 0.600. The lowest BCUT2D eigenvalue weighted by Gasteiger charge is -2.54.